The average molecular weight is 363 g/mol. The first-order valence-electron chi connectivity index (χ1n) is 9.96. The molecule has 0 saturated heterocycles. The van der Waals surface area contributed by atoms with Crippen LogP contribution in [0, 0.1) is 23.7 Å². The molecule has 0 aliphatic heterocycles. The SMILES string of the molecule is CCCCC(CC)CC(COC)COC.COCC(COC)C(C)C. The van der Waals surface area contributed by atoms with E-state index in [1.807, 2.05) is 0 Å². The first-order chi connectivity index (χ1) is 12.0. The van der Waals surface area contributed by atoms with Crippen molar-refractivity contribution in [3.63, 3.8) is 0 Å². The number of hydrogen-bond acceptors (Lipinski definition) is 4. The predicted octanol–water partition coefficient (Wildman–Crippen LogP) is 5.05. The fourth-order valence-corrected chi connectivity index (χ4v) is 2.97. The summed E-state index contributed by atoms with van der Waals surface area (Å²) in [6.07, 6.45) is 6.54. The highest BCUT2D eigenvalue weighted by atomic mass is 16.5. The van der Waals surface area contributed by atoms with E-state index in [0.717, 1.165) is 32.3 Å². The molecular weight excluding hydrogens is 316 g/mol. The zero-order valence-electron chi connectivity index (χ0n) is 18.3. The molecule has 0 aliphatic carbocycles. The van der Waals surface area contributed by atoms with Crippen molar-refractivity contribution in [2.75, 3.05) is 54.9 Å². The van der Waals surface area contributed by atoms with Crippen molar-refractivity contribution in [2.45, 2.75) is 59.8 Å². The van der Waals surface area contributed by atoms with Crippen LogP contribution >= 0.6 is 0 Å². The molecule has 0 fully saturated rings. The molecule has 1 unspecified atom stereocenters. The summed E-state index contributed by atoms with van der Waals surface area (Å²) in [5.74, 6) is 2.59. The fourth-order valence-electron chi connectivity index (χ4n) is 2.97. The van der Waals surface area contributed by atoms with E-state index in [1.165, 1.54) is 32.1 Å². The maximum atomic E-state index is 5.23. The van der Waals surface area contributed by atoms with Gasteiger partial charge in [0.05, 0.1) is 26.4 Å². The average Bonchev–Trinajstić information content (AvgIpc) is 2.59. The van der Waals surface area contributed by atoms with Crippen LogP contribution in [0.25, 0.3) is 0 Å². The number of methoxy groups -OCH3 is 4. The molecule has 0 bridgehead atoms. The van der Waals surface area contributed by atoms with E-state index in [1.54, 1.807) is 28.4 Å². The van der Waals surface area contributed by atoms with Gasteiger partial charge in [-0.2, -0.15) is 0 Å². The van der Waals surface area contributed by atoms with Crippen LogP contribution in [-0.4, -0.2) is 54.9 Å². The molecule has 4 nitrogen and oxygen atoms in total. The minimum atomic E-state index is 0.537. The summed E-state index contributed by atoms with van der Waals surface area (Å²) in [4.78, 5) is 0. The lowest BCUT2D eigenvalue weighted by molar-refractivity contribution is 0.0623. The Morgan fingerprint density at radius 3 is 1.48 bits per heavy atom. The van der Waals surface area contributed by atoms with Crippen molar-refractivity contribution >= 4 is 0 Å². The molecule has 0 N–H and O–H groups in total. The molecular formula is C21H46O4. The molecule has 154 valence electrons. The van der Waals surface area contributed by atoms with Gasteiger partial charge in [0.25, 0.3) is 0 Å². The summed E-state index contributed by atoms with van der Waals surface area (Å²) in [6.45, 7) is 12.2. The summed E-state index contributed by atoms with van der Waals surface area (Å²) in [7, 11) is 7.00. The molecule has 0 aromatic carbocycles. The third-order valence-electron chi connectivity index (χ3n) is 4.72. The standard InChI is InChI=1S/C13H28O2.C8H18O2/c1-5-7-8-12(6-2)9-13(10-14-3)11-15-4;1-7(2)8(5-9-3)6-10-4/h12-13H,5-11H2,1-4H3;7-8H,5-6H2,1-4H3. The van der Waals surface area contributed by atoms with Crippen molar-refractivity contribution in [1.82, 2.24) is 0 Å². The minimum absolute atomic E-state index is 0.537. The van der Waals surface area contributed by atoms with Crippen molar-refractivity contribution in [3.05, 3.63) is 0 Å². The van der Waals surface area contributed by atoms with Crippen molar-refractivity contribution in [2.24, 2.45) is 23.7 Å². The molecule has 0 aromatic heterocycles. The van der Waals surface area contributed by atoms with E-state index in [0.29, 0.717) is 17.8 Å². The first kappa shape index (κ1) is 27.1. The van der Waals surface area contributed by atoms with E-state index < -0.39 is 0 Å². The van der Waals surface area contributed by atoms with Gasteiger partial charge in [0.2, 0.25) is 0 Å². The van der Waals surface area contributed by atoms with Crippen LogP contribution in [0.3, 0.4) is 0 Å². The number of hydrogen-bond donors (Lipinski definition) is 0. The second kappa shape index (κ2) is 20.2. The summed E-state index contributed by atoms with van der Waals surface area (Å²) in [5.41, 5.74) is 0. The third kappa shape index (κ3) is 17.0. The first-order valence-corrected chi connectivity index (χ1v) is 9.96. The zero-order valence-corrected chi connectivity index (χ0v) is 18.3. The van der Waals surface area contributed by atoms with Gasteiger partial charge in [-0.1, -0.05) is 53.4 Å². The second-order valence-electron chi connectivity index (χ2n) is 7.34. The Morgan fingerprint density at radius 1 is 0.680 bits per heavy atom. The molecule has 0 heterocycles. The molecule has 0 amide bonds. The van der Waals surface area contributed by atoms with Gasteiger partial charge >= 0.3 is 0 Å². The van der Waals surface area contributed by atoms with E-state index in [9.17, 15) is 0 Å². The molecule has 0 radical (unpaired) electrons. The lowest BCUT2D eigenvalue weighted by Gasteiger charge is -2.21. The zero-order chi connectivity index (χ0) is 19.5. The molecule has 25 heavy (non-hydrogen) atoms. The van der Waals surface area contributed by atoms with Gasteiger partial charge in [0.1, 0.15) is 0 Å². The van der Waals surface area contributed by atoms with Crippen LogP contribution in [0.2, 0.25) is 0 Å². The summed E-state index contributed by atoms with van der Waals surface area (Å²) >= 11 is 0. The monoisotopic (exact) mass is 362 g/mol. The van der Waals surface area contributed by atoms with Gasteiger partial charge < -0.3 is 18.9 Å². The van der Waals surface area contributed by atoms with E-state index in [-0.39, 0.29) is 0 Å². The van der Waals surface area contributed by atoms with Gasteiger partial charge in [-0.25, -0.2) is 0 Å². The summed E-state index contributed by atoms with van der Waals surface area (Å²) < 4.78 is 20.5. The predicted molar refractivity (Wildman–Crippen MR) is 107 cm³/mol. The van der Waals surface area contributed by atoms with E-state index >= 15 is 0 Å². The lowest BCUT2D eigenvalue weighted by atomic mass is 9.89. The van der Waals surface area contributed by atoms with Crippen LogP contribution in [-0.2, 0) is 18.9 Å². The number of rotatable bonds is 15. The molecule has 0 saturated carbocycles. The topological polar surface area (TPSA) is 36.9 Å². The maximum Gasteiger partial charge on any atom is 0.0514 e. The molecule has 0 rings (SSSR count). The Bertz CT molecular complexity index is 234. The van der Waals surface area contributed by atoms with Crippen LogP contribution < -0.4 is 0 Å². The smallest absolute Gasteiger partial charge is 0.0514 e. The maximum absolute atomic E-state index is 5.23. The Kier molecular flexibility index (Phi) is 21.8. The van der Waals surface area contributed by atoms with Crippen LogP contribution in [0.15, 0.2) is 0 Å². The molecule has 1 atom stereocenters. The highest BCUT2D eigenvalue weighted by molar-refractivity contribution is 4.65. The van der Waals surface area contributed by atoms with Crippen LogP contribution in [0.1, 0.15) is 59.8 Å². The Hall–Kier alpha value is -0.160. The van der Waals surface area contributed by atoms with Gasteiger partial charge in [0, 0.05) is 40.3 Å². The van der Waals surface area contributed by atoms with Crippen molar-refractivity contribution in [3.8, 4) is 0 Å². The second-order valence-corrected chi connectivity index (χ2v) is 7.34. The largest absolute Gasteiger partial charge is 0.384 e. The fraction of sp³-hybridized carbons (Fsp3) is 1.00. The number of unbranched alkanes of at least 4 members (excludes halogenated alkanes) is 1. The summed E-state index contributed by atoms with van der Waals surface area (Å²) in [6, 6.07) is 0. The van der Waals surface area contributed by atoms with Crippen molar-refractivity contribution in [1.29, 1.82) is 0 Å². The Labute approximate surface area is 157 Å². The lowest BCUT2D eigenvalue weighted by Crippen LogP contribution is -2.20. The van der Waals surface area contributed by atoms with Gasteiger partial charge in [0.15, 0.2) is 0 Å². The van der Waals surface area contributed by atoms with Crippen LogP contribution in [0.5, 0.6) is 0 Å². The minimum Gasteiger partial charge on any atom is -0.384 e. The normalized spacial score (nSPS) is 12.6. The van der Waals surface area contributed by atoms with Gasteiger partial charge in [-0.15, -0.1) is 0 Å². The Morgan fingerprint density at radius 2 is 1.16 bits per heavy atom. The molecule has 0 aromatic rings. The van der Waals surface area contributed by atoms with E-state index in [4.69, 9.17) is 18.9 Å². The molecule has 0 spiro atoms. The number of ether oxygens (including phenoxy) is 4. The molecule has 4 heteroatoms. The quantitative estimate of drug-likeness (QED) is 0.408. The van der Waals surface area contributed by atoms with Gasteiger partial charge in [-0.3, -0.25) is 0 Å². The van der Waals surface area contributed by atoms with Crippen molar-refractivity contribution < 1.29 is 18.9 Å². The van der Waals surface area contributed by atoms with E-state index in [2.05, 4.69) is 27.7 Å². The summed E-state index contributed by atoms with van der Waals surface area (Å²) in [5, 5.41) is 0. The van der Waals surface area contributed by atoms with Gasteiger partial charge in [-0.05, 0) is 18.3 Å². The third-order valence-corrected chi connectivity index (χ3v) is 4.72. The highest BCUT2D eigenvalue weighted by Gasteiger charge is 2.15. The Balaban J connectivity index is 0. The highest BCUT2D eigenvalue weighted by Crippen LogP contribution is 2.22. The van der Waals surface area contributed by atoms with Crippen LogP contribution in [0.4, 0.5) is 0 Å². The molecule has 0 aliphatic rings.